The smallest absolute Gasteiger partial charge is 0.152 e. The Hall–Kier alpha value is -1.19. The summed E-state index contributed by atoms with van der Waals surface area (Å²) < 4.78 is 40.0. The molecule has 1 aromatic carbocycles. The third kappa shape index (κ3) is 2.88. The van der Waals surface area contributed by atoms with Crippen molar-refractivity contribution in [2.24, 2.45) is 11.8 Å². The average Bonchev–Trinajstić information content (AvgIpc) is 3.18. The first kappa shape index (κ1) is 12.8. The second-order valence-electron chi connectivity index (χ2n) is 5.85. The van der Waals surface area contributed by atoms with E-state index in [0.29, 0.717) is 5.92 Å². The van der Waals surface area contributed by atoms with Crippen molar-refractivity contribution in [1.82, 2.24) is 0 Å². The number of hydrogen-bond donors (Lipinski definition) is 1. The molecule has 1 N–H and O–H groups in total. The van der Waals surface area contributed by atoms with Gasteiger partial charge in [-0.05, 0) is 37.5 Å². The highest BCUT2D eigenvalue weighted by Crippen LogP contribution is 2.44. The van der Waals surface area contributed by atoms with Gasteiger partial charge in [-0.25, -0.2) is 13.2 Å². The van der Waals surface area contributed by atoms with E-state index in [1.807, 2.05) is 0 Å². The van der Waals surface area contributed by atoms with Crippen molar-refractivity contribution in [2.45, 2.75) is 44.6 Å². The fourth-order valence-corrected chi connectivity index (χ4v) is 3.24. The fourth-order valence-electron chi connectivity index (χ4n) is 3.24. The van der Waals surface area contributed by atoms with Gasteiger partial charge in [-0.2, -0.15) is 0 Å². The number of hydrogen-bond acceptors (Lipinski definition) is 1. The van der Waals surface area contributed by atoms with Crippen molar-refractivity contribution < 1.29 is 13.2 Å². The summed E-state index contributed by atoms with van der Waals surface area (Å²) in [6, 6.07) is 1.56. The minimum Gasteiger partial charge on any atom is -0.378 e. The maximum atomic E-state index is 13.6. The highest BCUT2D eigenvalue weighted by molar-refractivity contribution is 5.47. The van der Waals surface area contributed by atoms with E-state index in [9.17, 15) is 13.2 Å². The van der Waals surface area contributed by atoms with E-state index in [4.69, 9.17) is 0 Å². The van der Waals surface area contributed by atoms with Crippen LogP contribution in [0.25, 0.3) is 0 Å². The molecule has 2 aliphatic rings. The van der Waals surface area contributed by atoms with Crippen LogP contribution >= 0.6 is 0 Å². The number of halogens is 3. The Balaban J connectivity index is 1.70. The zero-order chi connectivity index (χ0) is 13.4. The van der Waals surface area contributed by atoms with E-state index in [2.05, 4.69) is 5.32 Å². The molecule has 0 heterocycles. The minimum absolute atomic E-state index is 0.105. The van der Waals surface area contributed by atoms with Crippen LogP contribution in [0.3, 0.4) is 0 Å². The van der Waals surface area contributed by atoms with Gasteiger partial charge >= 0.3 is 0 Å². The lowest BCUT2D eigenvalue weighted by atomic mass is 9.82. The summed E-state index contributed by atoms with van der Waals surface area (Å²) in [5.41, 5.74) is -0.178. The van der Waals surface area contributed by atoms with Gasteiger partial charge in [0.1, 0.15) is 11.5 Å². The summed E-state index contributed by atoms with van der Waals surface area (Å²) in [6.45, 7) is 0. The molecule has 2 atom stereocenters. The third-order valence-corrected chi connectivity index (χ3v) is 4.36. The van der Waals surface area contributed by atoms with Crippen molar-refractivity contribution in [3.05, 3.63) is 29.6 Å². The molecule has 0 aliphatic heterocycles. The number of nitrogens with one attached hydrogen (secondary N) is 1. The molecule has 0 amide bonds. The highest BCUT2D eigenvalue weighted by atomic mass is 19.1. The second kappa shape index (κ2) is 5.06. The number of anilines is 1. The predicted octanol–water partition coefficient (Wildman–Crippen LogP) is 4.48. The summed E-state index contributed by atoms with van der Waals surface area (Å²) in [7, 11) is 0. The maximum absolute atomic E-state index is 13.6. The molecule has 1 nitrogen and oxygen atoms in total. The predicted molar refractivity (Wildman–Crippen MR) is 68.4 cm³/mol. The summed E-state index contributed by atoms with van der Waals surface area (Å²) in [4.78, 5) is 0. The Morgan fingerprint density at radius 1 is 0.895 bits per heavy atom. The molecule has 0 spiro atoms. The normalized spacial score (nSPS) is 27.3. The van der Waals surface area contributed by atoms with Gasteiger partial charge in [-0.15, -0.1) is 0 Å². The molecule has 104 valence electrons. The lowest BCUT2D eigenvalue weighted by molar-refractivity contribution is 0.302. The Kier molecular flexibility index (Phi) is 3.42. The molecule has 0 bridgehead atoms. The molecule has 0 aromatic heterocycles. The molecule has 0 saturated heterocycles. The number of rotatable bonds is 3. The molecular formula is C15H18F3N. The number of benzene rings is 1. The van der Waals surface area contributed by atoms with E-state index in [1.54, 1.807) is 0 Å². The van der Waals surface area contributed by atoms with Crippen LogP contribution in [0.2, 0.25) is 0 Å². The quantitative estimate of drug-likeness (QED) is 0.852. The zero-order valence-electron chi connectivity index (χ0n) is 10.8. The van der Waals surface area contributed by atoms with Crippen LogP contribution in [-0.4, -0.2) is 6.04 Å². The van der Waals surface area contributed by atoms with E-state index in [-0.39, 0.29) is 11.7 Å². The van der Waals surface area contributed by atoms with Crippen LogP contribution in [0.4, 0.5) is 18.9 Å². The SMILES string of the molecule is Fc1cc(F)c(NC2CCCC(C3CC3)C2)c(F)c1. The van der Waals surface area contributed by atoms with Crippen LogP contribution in [0.15, 0.2) is 12.1 Å². The second-order valence-corrected chi connectivity index (χ2v) is 5.85. The topological polar surface area (TPSA) is 12.0 Å². The van der Waals surface area contributed by atoms with E-state index >= 15 is 0 Å². The summed E-state index contributed by atoms with van der Waals surface area (Å²) in [5.74, 6) is -1.04. The largest absolute Gasteiger partial charge is 0.378 e. The molecule has 1 aromatic rings. The van der Waals surface area contributed by atoms with Crippen LogP contribution in [-0.2, 0) is 0 Å². The van der Waals surface area contributed by atoms with Crippen molar-refractivity contribution in [3.63, 3.8) is 0 Å². The van der Waals surface area contributed by atoms with Crippen molar-refractivity contribution in [2.75, 3.05) is 5.32 Å². The minimum atomic E-state index is -0.875. The van der Waals surface area contributed by atoms with Crippen molar-refractivity contribution in [3.8, 4) is 0 Å². The molecule has 3 rings (SSSR count). The van der Waals surface area contributed by atoms with Crippen molar-refractivity contribution in [1.29, 1.82) is 0 Å². The average molecular weight is 269 g/mol. The van der Waals surface area contributed by atoms with Gasteiger partial charge < -0.3 is 5.32 Å². The zero-order valence-corrected chi connectivity index (χ0v) is 10.8. The highest BCUT2D eigenvalue weighted by Gasteiger charge is 2.35. The molecule has 0 radical (unpaired) electrons. The first-order valence-electron chi connectivity index (χ1n) is 7.04. The fraction of sp³-hybridized carbons (Fsp3) is 0.600. The molecule has 2 unspecified atom stereocenters. The van der Waals surface area contributed by atoms with E-state index in [1.165, 1.54) is 19.3 Å². The van der Waals surface area contributed by atoms with Gasteiger partial charge in [0.25, 0.3) is 0 Å². The van der Waals surface area contributed by atoms with Crippen LogP contribution in [0, 0.1) is 29.3 Å². The molecule has 2 aliphatic carbocycles. The van der Waals surface area contributed by atoms with Gasteiger partial charge in [0.05, 0.1) is 0 Å². The Bertz CT molecular complexity index is 447. The van der Waals surface area contributed by atoms with E-state index < -0.39 is 17.5 Å². The lowest BCUT2D eigenvalue weighted by Crippen LogP contribution is -2.29. The van der Waals surface area contributed by atoms with E-state index in [0.717, 1.165) is 37.3 Å². The Morgan fingerprint density at radius 2 is 1.58 bits per heavy atom. The Labute approximate surface area is 111 Å². The monoisotopic (exact) mass is 269 g/mol. The Morgan fingerprint density at radius 3 is 2.21 bits per heavy atom. The summed E-state index contributed by atoms with van der Waals surface area (Å²) >= 11 is 0. The van der Waals surface area contributed by atoms with Gasteiger partial charge in [-0.3, -0.25) is 0 Å². The summed E-state index contributed by atoms with van der Waals surface area (Å²) in [6.07, 6.45) is 6.84. The maximum Gasteiger partial charge on any atom is 0.152 e. The van der Waals surface area contributed by atoms with Gasteiger partial charge in [0.2, 0.25) is 0 Å². The standard InChI is InChI=1S/C15H18F3N/c16-11-7-13(17)15(14(18)8-11)19-12-3-1-2-10(6-12)9-4-5-9/h7-10,12,19H,1-6H2. The molecule has 19 heavy (non-hydrogen) atoms. The van der Waals surface area contributed by atoms with Crippen molar-refractivity contribution >= 4 is 5.69 Å². The van der Waals surface area contributed by atoms with Gasteiger partial charge in [0, 0.05) is 18.2 Å². The van der Waals surface area contributed by atoms with Gasteiger partial charge in [0.15, 0.2) is 11.6 Å². The lowest BCUT2D eigenvalue weighted by Gasteiger charge is -2.30. The first-order chi connectivity index (χ1) is 9.13. The first-order valence-corrected chi connectivity index (χ1v) is 7.04. The molecule has 2 saturated carbocycles. The van der Waals surface area contributed by atoms with Crippen LogP contribution < -0.4 is 5.32 Å². The molecular weight excluding hydrogens is 251 g/mol. The van der Waals surface area contributed by atoms with Gasteiger partial charge in [-0.1, -0.05) is 12.8 Å². The molecule has 2 fully saturated rings. The van der Waals surface area contributed by atoms with Crippen LogP contribution in [0.1, 0.15) is 38.5 Å². The van der Waals surface area contributed by atoms with Crippen LogP contribution in [0.5, 0.6) is 0 Å². The third-order valence-electron chi connectivity index (χ3n) is 4.36. The summed E-state index contributed by atoms with van der Waals surface area (Å²) in [5, 5.41) is 2.94. The molecule has 4 heteroatoms.